The number of aliphatic carboxylic acids is 3. The van der Waals surface area contributed by atoms with Gasteiger partial charge in [0.15, 0.2) is 0 Å². The maximum atomic E-state index is 13.3. The van der Waals surface area contributed by atoms with Gasteiger partial charge in [0.1, 0.15) is 23.9 Å². The first-order valence-electron chi connectivity index (χ1n) is 11.9. The number of hydrogen-bond donors (Lipinski definition) is 9. The molecule has 16 heteroatoms. The molecule has 0 aliphatic carbocycles. The molecular formula is C24H30N6O10. The number of amides is 3. The van der Waals surface area contributed by atoms with Crippen molar-refractivity contribution in [2.24, 2.45) is 5.73 Å². The van der Waals surface area contributed by atoms with Crippen LogP contribution in [0.3, 0.4) is 0 Å². The van der Waals surface area contributed by atoms with Crippen LogP contribution in [0.5, 0.6) is 5.75 Å². The van der Waals surface area contributed by atoms with E-state index < -0.39 is 79.1 Å². The van der Waals surface area contributed by atoms with E-state index in [2.05, 4.69) is 25.9 Å². The molecule has 216 valence electrons. The van der Waals surface area contributed by atoms with Crippen molar-refractivity contribution in [3.05, 3.63) is 48.0 Å². The summed E-state index contributed by atoms with van der Waals surface area (Å²) in [6.45, 7) is 0. The zero-order valence-corrected chi connectivity index (χ0v) is 21.1. The molecule has 0 spiro atoms. The Balaban J connectivity index is 2.29. The third kappa shape index (κ3) is 10.4. The minimum atomic E-state index is -1.57. The fraction of sp³-hybridized carbons (Fsp3) is 0.375. The molecule has 10 N–H and O–H groups in total. The summed E-state index contributed by atoms with van der Waals surface area (Å²) < 4.78 is 0. The van der Waals surface area contributed by atoms with E-state index in [0.717, 1.165) is 0 Å². The van der Waals surface area contributed by atoms with Crippen LogP contribution < -0.4 is 21.7 Å². The van der Waals surface area contributed by atoms with Gasteiger partial charge in [0.05, 0.1) is 24.5 Å². The van der Waals surface area contributed by atoms with Gasteiger partial charge in [-0.2, -0.15) is 0 Å². The summed E-state index contributed by atoms with van der Waals surface area (Å²) in [5, 5.41) is 43.8. The third-order valence-corrected chi connectivity index (χ3v) is 5.60. The molecule has 0 radical (unpaired) electrons. The lowest BCUT2D eigenvalue weighted by molar-refractivity contribution is -0.143. The molecule has 0 aliphatic heterocycles. The molecule has 0 saturated heterocycles. The smallest absolute Gasteiger partial charge is 0.326 e. The lowest BCUT2D eigenvalue weighted by atomic mass is 10.0. The topological polar surface area (TPSA) is 274 Å². The van der Waals surface area contributed by atoms with Gasteiger partial charge in [0, 0.05) is 25.5 Å². The lowest BCUT2D eigenvalue weighted by Crippen LogP contribution is -2.58. The number of benzene rings is 1. The zero-order valence-electron chi connectivity index (χ0n) is 21.1. The highest BCUT2D eigenvalue weighted by Gasteiger charge is 2.31. The van der Waals surface area contributed by atoms with Crippen LogP contribution >= 0.6 is 0 Å². The largest absolute Gasteiger partial charge is 0.508 e. The Morgan fingerprint density at radius 2 is 1.40 bits per heavy atom. The third-order valence-electron chi connectivity index (χ3n) is 5.60. The van der Waals surface area contributed by atoms with Crippen LogP contribution in [-0.4, -0.2) is 90.2 Å². The van der Waals surface area contributed by atoms with E-state index >= 15 is 0 Å². The van der Waals surface area contributed by atoms with E-state index in [0.29, 0.717) is 11.3 Å². The van der Waals surface area contributed by atoms with Crippen LogP contribution in [-0.2, 0) is 41.6 Å². The number of carbonyl (C=O) groups excluding carboxylic acids is 3. The van der Waals surface area contributed by atoms with Crippen LogP contribution in [0.15, 0.2) is 36.8 Å². The highest BCUT2D eigenvalue weighted by atomic mass is 16.4. The van der Waals surface area contributed by atoms with E-state index in [4.69, 9.17) is 15.9 Å². The fourth-order valence-corrected chi connectivity index (χ4v) is 3.53. The lowest BCUT2D eigenvalue weighted by Gasteiger charge is -2.25. The molecule has 0 unspecified atom stereocenters. The number of aromatic amines is 1. The van der Waals surface area contributed by atoms with Gasteiger partial charge in [-0.25, -0.2) is 9.78 Å². The van der Waals surface area contributed by atoms with E-state index in [1.807, 2.05) is 0 Å². The summed E-state index contributed by atoms with van der Waals surface area (Å²) in [6.07, 6.45) is 0.754. The SMILES string of the molecule is N[C@@H](CC(=O)O)C(=O)N[C@@H](Cc1c[nH]cn1)C(=O)N[C@@H](Cc1ccc(O)cc1)C(=O)N[C@@H](CCC(=O)O)C(=O)O. The van der Waals surface area contributed by atoms with E-state index in [9.17, 15) is 39.0 Å². The number of aromatic nitrogens is 2. The number of nitrogens with two attached hydrogens (primary N) is 1. The van der Waals surface area contributed by atoms with E-state index in [1.54, 1.807) is 0 Å². The standard InChI is InChI=1S/C24H30N6O10/c25-15(9-20(34)35)21(36)29-18(8-13-10-26-11-27-13)23(38)30-17(7-12-1-3-14(31)4-2-12)22(37)28-16(24(39)40)5-6-19(32)33/h1-4,10-11,15-18,31H,5-9,25H2,(H,26,27)(H,28,37)(H,29,36)(H,30,38)(H,32,33)(H,34,35)(H,39,40)/t15-,16-,17-,18-/m0/s1. The molecule has 2 rings (SSSR count). The highest BCUT2D eigenvalue weighted by Crippen LogP contribution is 2.12. The molecule has 1 aromatic heterocycles. The van der Waals surface area contributed by atoms with Crippen LogP contribution in [0.1, 0.15) is 30.5 Å². The Labute approximate surface area is 227 Å². The number of nitrogens with one attached hydrogen (secondary N) is 4. The molecular weight excluding hydrogens is 532 g/mol. The first-order chi connectivity index (χ1) is 18.8. The fourth-order valence-electron chi connectivity index (χ4n) is 3.53. The summed E-state index contributed by atoms with van der Waals surface area (Å²) in [5.74, 6) is -6.95. The summed E-state index contributed by atoms with van der Waals surface area (Å²) in [5.41, 5.74) is 6.41. The molecule has 1 aromatic carbocycles. The van der Waals surface area contributed by atoms with Crippen LogP contribution in [0.2, 0.25) is 0 Å². The molecule has 0 fully saturated rings. The highest BCUT2D eigenvalue weighted by molar-refractivity contribution is 5.95. The molecule has 2 aromatic rings. The predicted molar refractivity (Wildman–Crippen MR) is 135 cm³/mol. The van der Waals surface area contributed by atoms with Gasteiger partial charge in [-0.1, -0.05) is 12.1 Å². The van der Waals surface area contributed by atoms with Gasteiger partial charge in [0.2, 0.25) is 17.7 Å². The van der Waals surface area contributed by atoms with Crippen molar-refractivity contribution < 1.29 is 49.2 Å². The predicted octanol–water partition coefficient (Wildman–Crippen LogP) is -1.89. The number of hydrogen-bond acceptors (Lipinski definition) is 9. The Hall–Kier alpha value is -4.99. The van der Waals surface area contributed by atoms with Gasteiger partial charge in [-0.05, 0) is 24.1 Å². The van der Waals surface area contributed by atoms with Gasteiger partial charge in [0.25, 0.3) is 0 Å². The maximum absolute atomic E-state index is 13.3. The van der Waals surface area contributed by atoms with Crippen molar-refractivity contribution in [2.45, 2.75) is 56.3 Å². The Kier molecular flexibility index (Phi) is 11.6. The Morgan fingerprint density at radius 1 is 0.825 bits per heavy atom. The quantitative estimate of drug-likeness (QED) is 0.109. The number of carboxylic acid groups (broad SMARTS) is 3. The van der Waals surface area contributed by atoms with Crippen molar-refractivity contribution in [1.29, 1.82) is 0 Å². The average molecular weight is 563 g/mol. The first-order valence-corrected chi connectivity index (χ1v) is 11.9. The van der Waals surface area contributed by atoms with Gasteiger partial charge < -0.3 is 47.1 Å². The van der Waals surface area contributed by atoms with Crippen LogP contribution in [0.25, 0.3) is 0 Å². The van der Waals surface area contributed by atoms with Gasteiger partial charge in [-0.3, -0.25) is 24.0 Å². The average Bonchev–Trinajstić information content (AvgIpc) is 3.39. The van der Waals surface area contributed by atoms with Crippen LogP contribution in [0, 0.1) is 0 Å². The Morgan fingerprint density at radius 3 is 1.93 bits per heavy atom. The summed E-state index contributed by atoms with van der Waals surface area (Å²) in [7, 11) is 0. The number of phenolic OH excluding ortho intramolecular Hbond substituents is 1. The normalized spacial score (nSPS) is 13.7. The van der Waals surface area contributed by atoms with Gasteiger partial charge >= 0.3 is 17.9 Å². The molecule has 0 saturated carbocycles. The molecule has 0 bridgehead atoms. The summed E-state index contributed by atoms with van der Waals surface area (Å²) in [4.78, 5) is 79.0. The first kappa shape index (κ1) is 31.2. The minimum Gasteiger partial charge on any atom is -0.508 e. The second kappa shape index (κ2) is 14.8. The number of imidazole rings is 1. The summed E-state index contributed by atoms with van der Waals surface area (Å²) in [6, 6.07) is -0.218. The maximum Gasteiger partial charge on any atom is 0.326 e. The number of H-pyrrole nitrogens is 1. The number of rotatable bonds is 16. The van der Waals surface area contributed by atoms with Gasteiger partial charge in [-0.15, -0.1) is 0 Å². The molecule has 3 amide bonds. The minimum absolute atomic E-state index is 0.0622. The number of carbonyl (C=O) groups is 6. The van der Waals surface area contributed by atoms with E-state index in [1.165, 1.54) is 36.8 Å². The van der Waals surface area contributed by atoms with Crippen molar-refractivity contribution in [1.82, 2.24) is 25.9 Å². The Bertz CT molecular complexity index is 1200. The second-order valence-electron chi connectivity index (χ2n) is 8.79. The number of carboxylic acids is 3. The molecule has 1 heterocycles. The number of aromatic hydroxyl groups is 1. The second-order valence-corrected chi connectivity index (χ2v) is 8.79. The monoisotopic (exact) mass is 562 g/mol. The number of nitrogens with zero attached hydrogens (tertiary/aromatic N) is 1. The van der Waals surface area contributed by atoms with Crippen molar-refractivity contribution in [3.63, 3.8) is 0 Å². The zero-order chi connectivity index (χ0) is 29.8. The van der Waals surface area contributed by atoms with Crippen molar-refractivity contribution in [2.75, 3.05) is 0 Å². The molecule has 4 atom stereocenters. The molecule has 16 nitrogen and oxygen atoms in total. The van der Waals surface area contributed by atoms with Crippen molar-refractivity contribution in [3.8, 4) is 5.75 Å². The molecule has 0 aliphatic rings. The number of phenols is 1. The summed E-state index contributed by atoms with van der Waals surface area (Å²) >= 11 is 0. The van der Waals surface area contributed by atoms with Crippen LogP contribution in [0.4, 0.5) is 0 Å². The molecule has 40 heavy (non-hydrogen) atoms. The van der Waals surface area contributed by atoms with Crippen molar-refractivity contribution >= 4 is 35.6 Å². The van der Waals surface area contributed by atoms with E-state index in [-0.39, 0.29) is 18.6 Å².